The highest BCUT2D eigenvalue weighted by molar-refractivity contribution is 7.80. The lowest BCUT2D eigenvalue weighted by molar-refractivity contribution is 0.482. The molecule has 0 amide bonds. The molecular formula is C33H30N4OS. The number of thiocarbonyl (C=S) groups is 1. The first-order chi connectivity index (χ1) is 19.0. The largest absolute Gasteiger partial charge is 0.457 e. The van der Waals surface area contributed by atoms with E-state index < -0.39 is 0 Å². The number of nitrogens with zero attached hydrogens (tertiary/aromatic N) is 3. The molecule has 39 heavy (non-hydrogen) atoms. The molecule has 0 aliphatic carbocycles. The molecule has 1 aliphatic rings. The molecule has 0 bridgehead atoms. The fourth-order valence-corrected chi connectivity index (χ4v) is 5.44. The van der Waals surface area contributed by atoms with Crippen LogP contribution in [-0.4, -0.2) is 14.7 Å². The first-order valence-electron chi connectivity index (χ1n) is 13.1. The maximum Gasteiger partial charge on any atom is 0.174 e. The minimum Gasteiger partial charge on any atom is -0.457 e. The predicted octanol–water partition coefficient (Wildman–Crippen LogP) is 7.77. The second-order valence-electron chi connectivity index (χ2n) is 9.98. The summed E-state index contributed by atoms with van der Waals surface area (Å²) < 4.78 is 8.34. The minimum absolute atomic E-state index is 0.118. The van der Waals surface area contributed by atoms with Gasteiger partial charge in [-0.3, -0.25) is 4.98 Å². The highest BCUT2D eigenvalue weighted by Crippen LogP contribution is 2.42. The standard InChI is InChI=1S/C33H30N4OS/c1-22-9-15-27(16-10-22)38-28-17-13-25(14-18-28)37-32(31(35-33(37)39)29-7-4-5-19-34-29)30-8-6-20-36(30)26-12-11-23(2)24(3)21-26/h4-21,31-32H,1-3H3,(H,35,39)/t31-,32-/m1/s1. The molecule has 1 saturated heterocycles. The smallest absolute Gasteiger partial charge is 0.174 e. The van der Waals surface area contributed by atoms with Crippen LogP contribution in [-0.2, 0) is 0 Å². The molecule has 1 fully saturated rings. The van der Waals surface area contributed by atoms with E-state index in [0.29, 0.717) is 5.11 Å². The van der Waals surface area contributed by atoms with Gasteiger partial charge in [0, 0.05) is 29.5 Å². The van der Waals surface area contributed by atoms with Gasteiger partial charge in [-0.2, -0.15) is 0 Å². The quantitative estimate of drug-likeness (QED) is 0.227. The molecule has 1 N–H and O–H groups in total. The average Bonchev–Trinajstić information content (AvgIpc) is 3.57. The molecular weight excluding hydrogens is 500 g/mol. The Morgan fingerprint density at radius 1 is 0.769 bits per heavy atom. The van der Waals surface area contributed by atoms with Gasteiger partial charge in [-0.15, -0.1) is 0 Å². The Balaban J connectivity index is 1.39. The van der Waals surface area contributed by atoms with Crippen molar-refractivity contribution in [2.45, 2.75) is 32.9 Å². The van der Waals surface area contributed by atoms with Crippen LogP contribution in [0.4, 0.5) is 5.69 Å². The van der Waals surface area contributed by atoms with E-state index in [2.05, 4.69) is 90.3 Å². The van der Waals surface area contributed by atoms with E-state index in [-0.39, 0.29) is 12.1 Å². The monoisotopic (exact) mass is 530 g/mol. The first kappa shape index (κ1) is 24.9. The summed E-state index contributed by atoms with van der Waals surface area (Å²) in [7, 11) is 0. The Bertz CT molecular complexity index is 1610. The van der Waals surface area contributed by atoms with Gasteiger partial charge in [0.05, 0.1) is 11.7 Å². The zero-order valence-corrected chi connectivity index (χ0v) is 23.0. The fraction of sp³-hybridized carbons (Fsp3) is 0.152. The summed E-state index contributed by atoms with van der Waals surface area (Å²) in [5.41, 5.74) is 7.91. The van der Waals surface area contributed by atoms with Crippen LogP contribution in [0.1, 0.15) is 40.2 Å². The maximum absolute atomic E-state index is 6.08. The minimum atomic E-state index is -0.123. The van der Waals surface area contributed by atoms with Crippen molar-refractivity contribution in [2.24, 2.45) is 0 Å². The number of hydrogen-bond acceptors (Lipinski definition) is 3. The molecule has 3 heterocycles. The number of nitrogens with one attached hydrogen (secondary N) is 1. The van der Waals surface area contributed by atoms with Crippen molar-refractivity contribution < 1.29 is 4.74 Å². The Labute approximate surface area is 234 Å². The number of ether oxygens (including phenoxy) is 1. The average molecular weight is 531 g/mol. The zero-order valence-electron chi connectivity index (χ0n) is 22.2. The second-order valence-corrected chi connectivity index (χ2v) is 10.4. The third-order valence-corrected chi connectivity index (χ3v) is 7.64. The van der Waals surface area contributed by atoms with E-state index in [0.717, 1.165) is 34.3 Å². The van der Waals surface area contributed by atoms with Crippen LogP contribution in [0.15, 0.2) is 109 Å². The molecule has 2 aromatic heterocycles. The van der Waals surface area contributed by atoms with Gasteiger partial charge < -0.3 is 19.5 Å². The molecule has 0 radical (unpaired) electrons. The third kappa shape index (κ3) is 4.91. The molecule has 3 aromatic carbocycles. The molecule has 0 unspecified atom stereocenters. The van der Waals surface area contributed by atoms with Crippen molar-refractivity contribution in [3.8, 4) is 17.2 Å². The van der Waals surface area contributed by atoms with E-state index in [9.17, 15) is 0 Å². The summed E-state index contributed by atoms with van der Waals surface area (Å²) in [5, 5.41) is 4.23. The molecule has 194 valence electrons. The van der Waals surface area contributed by atoms with Crippen LogP contribution in [0.3, 0.4) is 0 Å². The van der Waals surface area contributed by atoms with Crippen LogP contribution in [0.2, 0.25) is 0 Å². The van der Waals surface area contributed by atoms with Crippen LogP contribution < -0.4 is 15.0 Å². The van der Waals surface area contributed by atoms with E-state index in [1.54, 1.807) is 0 Å². The Kier molecular flexibility index (Phi) is 6.63. The lowest BCUT2D eigenvalue weighted by Crippen LogP contribution is -2.30. The Morgan fingerprint density at radius 2 is 1.49 bits per heavy atom. The van der Waals surface area contributed by atoms with Crippen LogP contribution in [0, 0.1) is 20.8 Å². The van der Waals surface area contributed by atoms with Gasteiger partial charge in [-0.25, -0.2) is 0 Å². The Morgan fingerprint density at radius 3 is 2.18 bits per heavy atom. The topological polar surface area (TPSA) is 42.3 Å². The van der Waals surface area contributed by atoms with Crippen LogP contribution in [0.25, 0.3) is 5.69 Å². The SMILES string of the molecule is Cc1ccc(Oc2ccc(N3C(=S)N[C@H](c4ccccn4)[C@H]3c3cccn3-c3ccc(C)c(C)c3)cc2)cc1. The zero-order chi connectivity index (χ0) is 26.9. The number of anilines is 1. The van der Waals surface area contributed by atoms with Crippen LogP contribution in [0.5, 0.6) is 11.5 Å². The van der Waals surface area contributed by atoms with Crippen molar-refractivity contribution in [2.75, 3.05) is 4.90 Å². The summed E-state index contributed by atoms with van der Waals surface area (Å²) in [5.74, 6) is 1.59. The molecule has 1 aliphatic heterocycles. The lowest BCUT2D eigenvalue weighted by atomic mass is 10.0. The van der Waals surface area contributed by atoms with Gasteiger partial charge in [-0.1, -0.05) is 29.8 Å². The second kappa shape index (κ2) is 10.4. The van der Waals surface area contributed by atoms with E-state index in [4.69, 9.17) is 21.9 Å². The lowest BCUT2D eigenvalue weighted by Gasteiger charge is -2.29. The number of aromatic nitrogens is 2. The van der Waals surface area contributed by atoms with Gasteiger partial charge in [-0.05, 0) is 117 Å². The number of benzene rings is 3. The van der Waals surface area contributed by atoms with Gasteiger partial charge in [0.1, 0.15) is 17.5 Å². The molecule has 5 aromatic rings. The number of aryl methyl sites for hydroxylation is 3. The molecule has 5 nitrogen and oxygen atoms in total. The van der Waals surface area contributed by atoms with Gasteiger partial charge in [0.25, 0.3) is 0 Å². The number of pyridine rings is 1. The fourth-order valence-electron chi connectivity index (χ4n) is 5.10. The number of hydrogen-bond donors (Lipinski definition) is 1. The summed E-state index contributed by atoms with van der Waals surface area (Å²) in [6.45, 7) is 6.36. The van der Waals surface area contributed by atoms with Gasteiger partial charge >= 0.3 is 0 Å². The number of rotatable bonds is 6. The molecule has 2 atom stereocenters. The first-order valence-corrected chi connectivity index (χ1v) is 13.5. The van der Waals surface area contributed by atoms with Crippen molar-refractivity contribution in [1.82, 2.24) is 14.9 Å². The van der Waals surface area contributed by atoms with Crippen LogP contribution >= 0.6 is 12.2 Å². The molecule has 0 spiro atoms. The summed E-state index contributed by atoms with van der Waals surface area (Å²) in [6, 6.07) is 32.8. The molecule has 6 rings (SSSR count). The highest BCUT2D eigenvalue weighted by atomic mass is 32.1. The highest BCUT2D eigenvalue weighted by Gasteiger charge is 2.42. The van der Waals surface area contributed by atoms with E-state index in [1.807, 2.05) is 54.7 Å². The molecule has 6 heteroatoms. The summed E-state index contributed by atoms with van der Waals surface area (Å²) >= 11 is 5.94. The van der Waals surface area contributed by atoms with Crippen molar-refractivity contribution in [3.05, 3.63) is 138 Å². The van der Waals surface area contributed by atoms with E-state index in [1.165, 1.54) is 16.7 Å². The maximum atomic E-state index is 6.08. The predicted molar refractivity (Wildman–Crippen MR) is 161 cm³/mol. The van der Waals surface area contributed by atoms with Gasteiger partial charge in [0.15, 0.2) is 5.11 Å². The van der Waals surface area contributed by atoms with E-state index >= 15 is 0 Å². The third-order valence-electron chi connectivity index (χ3n) is 7.32. The normalized spacial score (nSPS) is 16.8. The van der Waals surface area contributed by atoms with Gasteiger partial charge in [0.2, 0.25) is 0 Å². The summed E-state index contributed by atoms with van der Waals surface area (Å²) in [4.78, 5) is 6.89. The molecule has 0 saturated carbocycles. The van der Waals surface area contributed by atoms with Crippen molar-refractivity contribution in [1.29, 1.82) is 0 Å². The Hall–Kier alpha value is -4.42. The van der Waals surface area contributed by atoms with Crippen molar-refractivity contribution in [3.63, 3.8) is 0 Å². The van der Waals surface area contributed by atoms with Crippen molar-refractivity contribution >= 4 is 23.0 Å². The summed E-state index contributed by atoms with van der Waals surface area (Å²) in [6.07, 6.45) is 3.95.